The second kappa shape index (κ2) is 7.21. The highest BCUT2D eigenvalue weighted by atomic mass is 32.2. The van der Waals surface area contributed by atoms with E-state index in [0.717, 1.165) is 35.6 Å². The fourth-order valence-electron chi connectivity index (χ4n) is 3.19. The zero-order valence-electron chi connectivity index (χ0n) is 13.7. The van der Waals surface area contributed by atoms with Gasteiger partial charge >= 0.3 is 0 Å². The van der Waals surface area contributed by atoms with Crippen molar-refractivity contribution in [1.29, 1.82) is 0 Å². The van der Waals surface area contributed by atoms with E-state index in [9.17, 15) is 4.79 Å². The predicted molar refractivity (Wildman–Crippen MR) is 94.5 cm³/mol. The summed E-state index contributed by atoms with van der Waals surface area (Å²) in [6.45, 7) is 2.90. The van der Waals surface area contributed by atoms with E-state index >= 15 is 0 Å². The number of rotatable bonds is 4. The van der Waals surface area contributed by atoms with Crippen LogP contribution in [0.4, 0.5) is 0 Å². The summed E-state index contributed by atoms with van der Waals surface area (Å²) in [5.74, 6) is 2.14. The molecule has 3 rings (SSSR count). The Bertz CT molecular complexity index is 655. The number of hydrogen-bond donors (Lipinski definition) is 0. The summed E-state index contributed by atoms with van der Waals surface area (Å²) in [5, 5.41) is 4.28. The highest BCUT2D eigenvalue weighted by molar-refractivity contribution is 7.99. The molecular formula is C18H23N3OS. The molecule has 0 N–H and O–H groups in total. The largest absolute Gasteiger partial charge is 0.333 e. The summed E-state index contributed by atoms with van der Waals surface area (Å²) in [6.07, 6.45) is 4.74. The van der Waals surface area contributed by atoms with Gasteiger partial charge in [-0.1, -0.05) is 37.3 Å². The van der Waals surface area contributed by atoms with Crippen LogP contribution in [0.1, 0.15) is 36.4 Å². The van der Waals surface area contributed by atoms with Crippen LogP contribution in [0.25, 0.3) is 0 Å². The molecule has 1 aliphatic rings. The van der Waals surface area contributed by atoms with Crippen molar-refractivity contribution in [2.75, 3.05) is 18.1 Å². The van der Waals surface area contributed by atoms with E-state index in [-0.39, 0.29) is 17.9 Å². The van der Waals surface area contributed by atoms with Gasteiger partial charge in [0.2, 0.25) is 5.91 Å². The normalized spacial score (nSPS) is 19.6. The molecule has 0 spiro atoms. The van der Waals surface area contributed by atoms with E-state index in [2.05, 4.69) is 29.1 Å². The van der Waals surface area contributed by atoms with Crippen LogP contribution in [0.3, 0.4) is 0 Å². The number of amides is 1. The maximum atomic E-state index is 13.2. The Morgan fingerprint density at radius 1 is 1.39 bits per heavy atom. The van der Waals surface area contributed by atoms with Crippen LogP contribution in [0.2, 0.25) is 0 Å². The fraction of sp³-hybridized carbons (Fsp3) is 0.444. The van der Waals surface area contributed by atoms with Crippen LogP contribution in [-0.4, -0.2) is 38.6 Å². The van der Waals surface area contributed by atoms with Crippen LogP contribution in [-0.2, 0) is 11.8 Å². The molecular weight excluding hydrogens is 306 g/mol. The molecule has 1 fully saturated rings. The topological polar surface area (TPSA) is 38.1 Å². The monoisotopic (exact) mass is 329 g/mol. The zero-order chi connectivity index (χ0) is 16.2. The Balaban J connectivity index is 1.86. The number of carbonyl (C=O) groups excluding carboxylic acids is 1. The molecule has 1 aliphatic heterocycles. The van der Waals surface area contributed by atoms with Gasteiger partial charge in [0.05, 0.1) is 18.2 Å². The lowest BCUT2D eigenvalue weighted by atomic mass is 9.94. The number of nitrogens with zero attached hydrogens (tertiary/aromatic N) is 3. The Kier molecular flexibility index (Phi) is 5.06. The third-order valence-corrected chi connectivity index (χ3v) is 5.45. The van der Waals surface area contributed by atoms with Crippen molar-refractivity contribution in [1.82, 2.24) is 14.7 Å². The van der Waals surface area contributed by atoms with Gasteiger partial charge < -0.3 is 4.90 Å². The number of hydrogen-bond acceptors (Lipinski definition) is 3. The average Bonchev–Trinajstić information content (AvgIpc) is 3.03. The van der Waals surface area contributed by atoms with Gasteiger partial charge in [-0.2, -0.15) is 16.9 Å². The van der Waals surface area contributed by atoms with Crippen molar-refractivity contribution in [3.8, 4) is 0 Å². The van der Waals surface area contributed by atoms with E-state index in [1.54, 1.807) is 0 Å². The number of benzene rings is 1. The molecule has 1 amide bonds. The minimum atomic E-state index is -0.0570. The predicted octanol–water partition coefficient (Wildman–Crippen LogP) is 3.23. The second-order valence-electron chi connectivity index (χ2n) is 5.94. The molecule has 1 aromatic carbocycles. The summed E-state index contributed by atoms with van der Waals surface area (Å²) < 4.78 is 1.81. The minimum Gasteiger partial charge on any atom is -0.333 e. The van der Waals surface area contributed by atoms with E-state index in [1.165, 1.54) is 0 Å². The molecule has 1 aromatic heterocycles. The van der Waals surface area contributed by atoms with E-state index in [0.29, 0.717) is 0 Å². The number of aryl methyl sites for hydroxylation is 1. The third kappa shape index (κ3) is 3.44. The third-order valence-electron chi connectivity index (χ3n) is 4.43. The average molecular weight is 329 g/mol. The van der Waals surface area contributed by atoms with Gasteiger partial charge in [0.25, 0.3) is 0 Å². The molecule has 2 atom stereocenters. The summed E-state index contributed by atoms with van der Waals surface area (Å²) >= 11 is 1.91. The maximum absolute atomic E-state index is 13.2. The molecule has 0 saturated carbocycles. The molecule has 0 unspecified atom stereocenters. The first kappa shape index (κ1) is 16.1. The lowest BCUT2D eigenvalue weighted by Crippen LogP contribution is -2.43. The lowest BCUT2D eigenvalue weighted by molar-refractivity contribution is -0.134. The second-order valence-corrected chi connectivity index (χ2v) is 7.09. The van der Waals surface area contributed by atoms with Crippen LogP contribution in [0.15, 0.2) is 42.7 Å². The van der Waals surface area contributed by atoms with E-state index < -0.39 is 0 Å². The smallest absolute Gasteiger partial charge is 0.230 e. The molecule has 1 saturated heterocycles. The first-order valence-electron chi connectivity index (χ1n) is 8.12. The van der Waals surface area contributed by atoms with Crippen LogP contribution in [0.5, 0.6) is 0 Å². The van der Waals surface area contributed by atoms with E-state index in [4.69, 9.17) is 0 Å². The molecule has 2 heterocycles. The lowest BCUT2D eigenvalue weighted by Gasteiger charge is -2.37. The molecule has 0 aliphatic carbocycles. The Morgan fingerprint density at radius 2 is 2.17 bits per heavy atom. The Morgan fingerprint density at radius 3 is 2.83 bits per heavy atom. The summed E-state index contributed by atoms with van der Waals surface area (Å²) in [4.78, 5) is 15.3. The van der Waals surface area contributed by atoms with Gasteiger partial charge in [-0.15, -0.1) is 0 Å². The quantitative estimate of drug-likeness (QED) is 0.864. The Hall–Kier alpha value is -1.75. The van der Waals surface area contributed by atoms with Gasteiger partial charge in [-0.3, -0.25) is 9.48 Å². The van der Waals surface area contributed by atoms with Gasteiger partial charge in [-0.25, -0.2) is 0 Å². The molecule has 23 heavy (non-hydrogen) atoms. The SMILES string of the molecule is CC[C@H](C(=O)N1CCSC[C@H]1c1cnn(C)c1)c1ccccc1. The highest BCUT2D eigenvalue weighted by Crippen LogP contribution is 2.33. The van der Waals surface area contributed by atoms with Crippen molar-refractivity contribution in [2.45, 2.75) is 25.3 Å². The molecule has 122 valence electrons. The van der Waals surface area contributed by atoms with Crippen LogP contribution in [0, 0.1) is 0 Å². The van der Waals surface area contributed by atoms with Crippen molar-refractivity contribution in [3.05, 3.63) is 53.9 Å². The fourth-order valence-corrected chi connectivity index (χ4v) is 4.28. The van der Waals surface area contributed by atoms with Gasteiger partial charge in [0.1, 0.15) is 0 Å². The highest BCUT2D eigenvalue weighted by Gasteiger charge is 2.33. The molecule has 0 bridgehead atoms. The van der Waals surface area contributed by atoms with Crippen molar-refractivity contribution in [3.63, 3.8) is 0 Å². The molecule has 2 aromatic rings. The van der Waals surface area contributed by atoms with Crippen LogP contribution >= 0.6 is 11.8 Å². The van der Waals surface area contributed by atoms with Crippen molar-refractivity contribution < 1.29 is 4.79 Å². The maximum Gasteiger partial charge on any atom is 0.230 e. The Labute approximate surface area is 141 Å². The van der Waals surface area contributed by atoms with Crippen molar-refractivity contribution >= 4 is 17.7 Å². The number of aromatic nitrogens is 2. The van der Waals surface area contributed by atoms with Gasteiger partial charge in [-0.05, 0) is 12.0 Å². The van der Waals surface area contributed by atoms with E-state index in [1.807, 2.05) is 54.1 Å². The molecule has 0 radical (unpaired) electrons. The summed E-state index contributed by atoms with van der Waals surface area (Å²) in [5.41, 5.74) is 2.25. The summed E-state index contributed by atoms with van der Waals surface area (Å²) in [6, 6.07) is 10.3. The number of carbonyl (C=O) groups is 1. The first-order chi connectivity index (χ1) is 11.2. The van der Waals surface area contributed by atoms with Gasteiger partial charge in [0, 0.05) is 36.9 Å². The van der Waals surface area contributed by atoms with Crippen LogP contribution < -0.4 is 0 Å². The zero-order valence-corrected chi connectivity index (χ0v) is 14.5. The minimum absolute atomic E-state index is 0.0570. The first-order valence-corrected chi connectivity index (χ1v) is 9.28. The van der Waals surface area contributed by atoms with Crippen molar-refractivity contribution in [2.24, 2.45) is 7.05 Å². The molecule has 5 heteroatoms. The standard InChI is InChI=1S/C18H23N3OS/c1-3-16(14-7-5-4-6-8-14)18(22)21-9-10-23-13-17(21)15-11-19-20(2)12-15/h4-8,11-12,16-17H,3,9-10,13H2,1-2H3/t16-,17-/m0/s1. The van der Waals surface area contributed by atoms with Gasteiger partial charge in [0.15, 0.2) is 0 Å². The molecule has 4 nitrogen and oxygen atoms in total. The number of thioether (sulfide) groups is 1. The summed E-state index contributed by atoms with van der Waals surface area (Å²) in [7, 11) is 1.92.